The van der Waals surface area contributed by atoms with Gasteiger partial charge in [-0.25, -0.2) is 9.69 Å². The molecule has 0 radical (unpaired) electrons. The van der Waals surface area contributed by atoms with Crippen molar-refractivity contribution in [2.45, 2.75) is 51.9 Å². The molecule has 0 saturated carbocycles. The van der Waals surface area contributed by atoms with Crippen LogP contribution in [0, 0.1) is 13.8 Å². The molecule has 1 saturated heterocycles. The van der Waals surface area contributed by atoms with E-state index in [1.807, 2.05) is 20.8 Å². The van der Waals surface area contributed by atoms with E-state index >= 15 is 0 Å². The summed E-state index contributed by atoms with van der Waals surface area (Å²) in [7, 11) is 0. The molecular formula is C23H24F3N3O3. The summed E-state index contributed by atoms with van der Waals surface area (Å²) in [5.74, 6) is -2.77. The third-order valence-electron chi connectivity index (χ3n) is 5.51. The predicted octanol–water partition coefficient (Wildman–Crippen LogP) is 4.35. The molecule has 0 bridgehead atoms. The van der Waals surface area contributed by atoms with E-state index in [-0.39, 0.29) is 16.7 Å². The molecule has 1 aliphatic rings. The molecule has 1 aliphatic heterocycles. The van der Waals surface area contributed by atoms with Crippen LogP contribution in [0.4, 0.5) is 23.7 Å². The van der Waals surface area contributed by atoms with Crippen molar-refractivity contribution < 1.29 is 27.6 Å². The van der Waals surface area contributed by atoms with Crippen LogP contribution in [-0.2, 0) is 10.2 Å². The second kappa shape index (κ2) is 7.65. The van der Waals surface area contributed by atoms with E-state index in [0.29, 0.717) is 10.5 Å². The molecule has 170 valence electrons. The molecule has 0 unspecified atom stereocenters. The minimum absolute atomic E-state index is 0.0227. The van der Waals surface area contributed by atoms with E-state index < -0.39 is 29.7 Å². The Morgan fingerprint density at radius 1 is 0.969 bits per heavy atom. The molecular weight excluding hydrogens is 423 g/mol. The fourth-order valence-corrected chi connectivity index (χ4v) is 3.34. The molecule has 2 aromatic carbocycles. The Balaban J connectivity index is 1.97. The van der Waals surface area contributed by atoms with Gasteiger partial charge in [-0.2, -0.15) is 13.2 Å². The molecule has 3 rings (SSSR count). The number of amides is 4. The van der Waals surface area contributed by atoms with Crippen LogP contribution < -0.4 is 15.5 Å². The van der Waals surface area contributed by atoms with Gasteiger partial charge >= 0.3 is 12.2 Å². The average Bonchev–Trinajstić information content (AvgIpc) is 2.94. The number of nitrogens with one attached hydrogen (secondary N) is 2. The van der Waals surface area contributed by atoms with Crippen molar-refractivity contribution in [3.8, 4) is 0 Å². The first-order valence-electron chi connectivity index (χ1n) is 9.91. The number of carbonyl (C=O) groups is 3. The molecule has 9 heteroatoms. The molecule has 32 heavy (non-hydrogen) atoms. The first kappa shape index (κ1) is 23.3. The number of hydrogen-bond donors (Lipinski definition) is 2. The van der Waals surface area contributed by atoms with Crippen LogP contribution in [0.2, 0.25) is 0 Å². The normalized spacial score (nSPS) is 19.2. The van der Waals surface area contributed by atoms with E-state index in [0.717, 1.165) is 11.1 Å². The largest absolute Gasteiger partial charge is 0.440 e. The third kappa shape index (κ3) is 3.94. The monoisotopic (exact) mass is 447 g/mol. The number of benzene rings is 2. The lowest BCUT2D eigenvalue weighted by Crippen LogP contribution is -2.69. The van der Waals surface area contributed by atoms with Gasteiger partial charge in [-0.05, 0) is 60.2 Å². The number of alkyl halides is 3. The zero-order valence-electron chi connectivity index (χ0n) is 18.3. The van der Waals surface area contributed by atoms with Gasteiger partial charge in [-0.15, -0.1) is 0 Å². The van der Waals surface area contributed by atoms with Crippen molar-refractivity contribution in [3.05, 3.63) is 64.7 Å². The summed E-state index contributed by atoms with van der Waals surface area (Å²) in [6, 6.07) is 9.14. The van der Waals surface area contributed by atoms with Gasteiger partial charge in [0, 0.05) is 5.56 Å². The Hall–Kier alpha value is -3.36. The van der Waals surface area contributed by atoms with Crippen molar-refractivity contribution in [1.29, 1.82) is 0 Å². The Morgan fingerprint density at radius 3 is 2.06 bits per heavy atom. The number of nitrogens with zero attached hydrogens (tertiary/aromatic N) is 1. The highest BCUT2D eigenvalue weighted by atomic mass is 19.4. The Kier molecular flexibility index (Phi) is 5.57. The second-order valence-electron chi connectivity index (χ2n) is 8.87. The Bertz CT molecular complexity index is 1090. The van der Waals surface area contributed by atoms with Gasteiger partial charge in [0.15, 0.2) is 0 Å². The van der Waals surface area contributed by atoms with Crippen LogP contribution in [0.5, 0.6) is 0 Å². The number of halogens is 3. The predicted molar refractivity (Wildman–Crippen MR) is 113 cm³/mol. The van der Waals surface area contributed by atoms with E-state index in [1.54, 1.807) is 42.7 Å². The maximum atomic E-state index is 14.1. The number of anilines is 1. The number of aryl methyl sites for hydroxylation is 2. The third-order valence-corrected chi connectivity index (χ3v) is 5.51. The smallest absolute Gasteiger partial charge is 0.314 e. The van der Waals surface area contributed by atoms with Gasteiger partial charge in [-0.1, -0.05) is 39.0 Å². The van der Waals surface area contributed by atoms with Gasteiger partial charge in [0.1, 0.15) is 0 Å². The molecule has 1 heterocycles. The highest BCUT2D eigenvalue weighted by Gasteiger charge is 2.69. The number of rotatable bonds is 3. The number of urea groups is 1. The SMILES string of the molecule is Cc1ccc(N2C(=O)N[C@@](NC(=O)c3ccc(C(C)(C)C)cc3)(C(F)(F)F)C2=O)cc1C. The number of hydrogen-bond acceptors (Lipinski definition) is 3. The van der Waals surface area contributed by atoms with Crippen molar-refractivity contribution in [2.75, 3.05) is 4.90 Å². The molecule has 4 amide bonds. The molecule has 1 fully saturated rings. The zero-order chi connectivity index (χ0) is 24.1. The lowest BCUT2D eigenvalue weighted by molar-refractivity contribution is -0.197. The maximum absolute atomic E-state index is 14.1. The highest BCUT2D eigenvalue weighted by Crippen LogP contribution is 2.36. The van der Waals surface area contributed by atoms with Gasteiger partial charge in [0.2, 0.25) is 0 Å². The standard InChI is InChI=1S/C23H24F3N3O3/c1-13-6-11-17(12-14(13)2)29-19(31)22(23(24,25)26,28-20(29)32)27-18(30)15-7-9-16(10-8-15)21(3,4)5/h6-12H,1-5H3,(H,27,30)(H,28,32)/t22-/m1/s1. The van der Waals surface area contributed by atoms with Gasteiger partial charge in [0.05, 0.1) is 5.69 Å². The summed E-state index contributed by atoms with van der Waals surface area (Å²) in [5, 5.41) is 3.38. The Labute approximate surface area is 183 Å². The number of imide groups is 1. The summed E-state index contributed by atoms with van der Waals surface area (Å²) in [5.41, 5.74) is -1.48. The maximum Gasteiger partial charge on any atom is 0.440 e. The van der Waals surface area contributed by atoms with Gasteiger partial charge < -0.3 is 5.32 Å². The van der Waals surface area contributed by atoms with Crippen LogP contribution in [0.1, 0.15) is 47.8 Å². The van der Waals surface area contributed by atoms with Crippen molar-refractivity contribution in [3.63, 3.8) is 0 Å². The van der Waals surface area contributed by atoms with E-state index in [1.165, 1.54) is 24.3 Å². The lowest BCUT2D eigenvalue weighted by Gasteiger charge is -2.30. The summed E-state index contributed by atoms with van der Waals surface area (Å²) < 4.78 is 42.3. The number of carbonyl (C=O) groups excluding carboxylic acids is 3. The van der Waals surface area contributed by atoms with Gasteiger partial charge in [-0.3, -0.25) is 14.9 Å². The van der Waals surface area contributed by atoms with Crippen molar-refractivity contribution in [2.24, 2.45) is 0 Å². The molecule has 2 N–H and O–H groups in total. The molecule has 0 aliphatic carbocycles. The van der Waals surface area contributed by atoms with Crippen LogP contribution in [0.25, 0.3) is 0 Å². The van der Waals surface area contributed by atoms with Gasteiger partial charge in [0.25, 0.3) is 17.5 Å². The van der Waals surface area contributed by atoms with E-state index in [4.69, 9.17) is 0 Å². The molecule has 1 atom stereocenters. The molecule has 2 aromatic rings. The van der Waals surface area contributed by atoms with E-state index in [2.05, 4.69) is 0 Å². The minimum atomic E-state index is -5.28. The average molecular weight is 447 g/mol. The summed E-state index contributed by atoms with van der Waals surface area (Å²) in [4.78, 5) is 38.5. The summed E-state index contributed by atoms with van der Waals surface area (Å²) in [6.07, 6.45) is -5.28. The van der Waals surface area contributed by atoms with Crippen molar-refractivity contribution >= 4 is 23.5 Å². The highest BCUT2D eigenvalue weighted by molar-refractivity contribution is 6.24. The fourth-order valence-electron chi connectivity index (χ4n) is 3.34. The topological polar surface area (TPSA) is 78.5 Å². The van der Waals surface area contributed by atoms with E-state index in [9.17, 15) is 27.6 Å². The summed E-state index contributed by atoms with van der Waals surface area (Å²) >= 11 is 0. The fraction of sp³-hybridized carbons (Fsp3) is 0.348. The van der Waals surface area contributed by atoms with Crippen LogP contribution >= 0.6 is 0 Å². The Morgan fingerprint density at radius 2 is 1.56 bits per heavy atom. The van der Waals surface area contributed by atoms with Crippen LogP contribution in [0.15, 0.2) is 42.5 Å². The van der Waals surface area contributed by atoms with Crippen molar-refractivity contribution in [1.82, 2.24) is 10.6 Å². The minimum Gasteiger partial charge on any atom is -0.314 e. The van der Waals surface area contributed by atoms with Crippen LogP contribution in [-0.4, -0.2) is 29.7 Å². The lowest BCUT2D eigenvalue weighted by atomic mass is 9.86. The first-order chi connectivity index (χ1) is 14.7. The quantitative estimate of drug-likeness (QED) is 0.687. The summed E-state index contributed by atoms with van der Waals surface area (Å²) in [6.45, 7) is 9.35. The second-order valence-corrected chi connectivity index (χ2v) is 8.87. The molecule has 0 spiro atoms. The molecule has 6 nitrogen and oxygen atoms in total. The first-order valence-corrected chi connectivity index (χ1v) is 9.91. The van der Waals surface area contributed by atoms with Crippen LogP contribution in [0.3, 0.4) is 0 Å². The zero-order valence-corrected chi connectivity index (χ0v) is 18.3. The molecule has 0 aromatic heterocycles.